The second kappa shape index (κ2) is 3.77. The summed E-state index contributed by atoms with van der Waals surface area (Å²) in [4.78, 5) is 14.7. The van der Waals surface area contributed by atoms with Crippen molar-refractivity contribution in [3.63, 3.8) is 0 Å². The van der Waals surface area contributed by atoms with Gasteiger partial charge in [0.05, 0.1) is 5.89 Å². The zero-order valence-electron chi connectivity index (χ0n) is 10.2. The van der Waals surface area contributed by atoms with E-state index < -0.39 is 11.8 Å². The SMILES string of the molecule is [2H]C1(C(N)=O)CCCc2c1[nH]c1ccc(Cl)cc21. The predicted octanol–water partition coefficient (Wildman–Crippen LogP) is 2.73. The lowest BCUT2D eigenvalue weighted by Gasteiger charge is -2.19. The van der Waals surface area contributed by atoms with Gasteiger partial charge in [-0.1, -0.05) is 11.6 Å². The summed E-state index contributed by atoms with van der Waals surface area (Å²) >= 11 is 6.00. The lowest BCUT2D eigenvalue weighted by molar-refractivity contribution is -0.119. The van der Waals surface area contributed by atoms with Crippen molar-refractivity contribution in [3.8, 4) is 0 Å². The van der Waals surface area contributed by atoms with Gasteiger partial charge in [-0.3, -0.25) is 4.79 Å². The molecule has 0 bridgehead atoms. The summed E-state index contributed by atoms with van der Waals surface area (Å²) in [5.41, 5.74) is 7.95. The van der Waals surface area contributed by atoms with Crippen molar-refractivity contribution in [1.82, 2.24) is 4.98 Å². The van der Waals surface area contributed by atoms with Crippen molar-refractivity contribution in [2.24, 2.45) is 5.73 Å². The van der Waals surface area contributed by atoms with Gasteiger partial charge in [-0.25, -0.2) is 0 Å². The molecule has 3 nitrogen and oxygen atoms in total. The molecule has 1 aromatic carbocycles. The van der Waals surface area contributed by atoms with Crippen LogP contribution in [0.4, 0.5) is 0 Å². The highest BCUT2D eigenvalue weighted by atomic mass is 35.5. The maximum Gasteiger partial charge on any atom is 0.226 e. The highest BCUT2D eigenvalue weighted by Gasteiger charge is 2.27. The van der Waals surface area contributed by atoms with Crippen molar-refractivity contribution >= 4 is 28.4 Å². The molecule has 3 rings (SSSR count). The van der Waals surface area contributed by atoms with Crippen LogP contribution in [0.15, 0.2) is 18.2 Å². The molecule has 1 aromatic heterocycles. The number of hydrogen-bond donors (Lipinski definition) is 2. The number of H-pyrrole nitrogens is 1. The van der Waals surface area contributed by atoms with E-state index in [9.17, 15) is 4.79 Å². The van der Waals surface area contributed by atoms with Gasteiger partial charge in [-0.15, -0.1) is 0 Å². The van der Waals surface area contributed by atoms with Crippen LogP contribution in [0, 0.1) is 0 Å². The average Bonchev–Trinajstić information content (AvgIpc) is 2.69. The number of aryl methyl sites for hydroxylation is 1. The molecule has 1 heterocycles. The van der Waals surface area contributed by atoms with Crippen LogP contribution in [0.25, 0.3) is 10.9 Å². The molecule has 1 unspecified atom stereocenters. The number of primary amides is 1. The minimum absolute atomic E-state index is 0.468. The number of nitrogens with one attached hydrogen (secondary N) is 1. The molecule has 0 fully saturated rings. The van der Waals surface area contributed by atoms with Gasteiger partial charge in [0.1, 0.15) is 0 Å². The number of aromatic amines is 1. The van der Waals surface area contributed by atoms with Crippen LogP contribution in [0.3, 0.4) is 0 Å². The fourth-order valence-electron chi connectivity index (χ4n) is 2.55. The highest BCUT2D eigenvalue weighted by Crippen LogP contribution is 2.36. The largest absolute Gasteiger partial charge is 0.369 e. The van der Waals surface area contributed by atoms with Crippen LogP contribution < -0.4 is 5.73 Å². The fraction of sp³-hybridized carbons (Fsp3) is 0.308. The third kappa shape index (κ3) is 1.62. The Morgan fingerprint density at radius 3 is 3.18 bits per heavy atom. The van der Waals surface area contributed by atoms with E-state index in [2.05, 4.69) is 4.98 Å². The quantitative estimate of drug-likeness (QED) is 0.802. The molecule has 0 aliphatic heterocycles. The molecule has 1 aliphatic carbocycles. The minimum Gasteiger partial charge on any atom is -0.369 e. The fourth-order valence-corrected chi connectivity index (χ4v) is 2.72. The van der Waals surface area contributed by atoms with Crippen molar-refractivity contribution in [2.75, 3.05) is 0 Å². The molecule has 17 heavy (non-hydrogen) atoms. The Morgan fingerprint density at radius 1 is 1.59 bits per heavy atom. The van der Waals surface area contributed by atoms with Gasteiger partial charge in [-0.2, -0.15) is 0 Å². The molecule has 4 heteroatoms. The van der Waals surface area contributed by atoms with Gasteiger partial charge in [0.15, 0.2) is 0 Å². The average molecular weight is 250 g/mol. The summed E-state index contributed by atoms with van der Waals surface area (Å²) in [5, 5.41) is 1.65. The molecular weight excluding hydrogens is 236 g/mol. The Bertz CT molecular complexity index is 652. The molecule has 88 valence electrons. The number of fused-ring (bicyclic) bond motifs is 3. The number of halogens is 1. The summed E-state index contributed by atoms with van der Waals surface area (Å²) in [6.07, 6.45) is 2.11. The molecule has 3 N–H and O–H groups in total. The monoisotopic (exact) mass is 249 g/mol. The molecule has 0 spiro atoms. The number of benzene rings is 1. The van der Waals surface area contributed by atoms with Crippen molar-refractivity contribution in [3.05, 3.63) is 34.5 Å². The van der Waals surface area contributed by atoms with Crippen LogP contribution >= 0.6 is 11.6 Å². The summed E-state index contributed by atoms with van der Waals surface area (Å²) in [5.74, 6) is -1.93. The molecule has 1 amide bonds. The van der Waals surface area contributed by atoms with E-state index in [0.29, 0.717) is 17.1 Å². The normalized spacial score (nSPS) is 24.4. The van der Waals surface area contributed by atoms with Gasteiger partial charge in [0.2, 0.25) is 5.91 Å². The van der Waals surface area contributed by atoms with E-state index in [1.54, 1.807) is 6.07 Å². The van der Waals surface area contributed by atoms with Crippen molar-refractivity contribution in [1.29, 1.82) is 0 Å². The second-order valence-corrected chi connectivity index (χ2v) is 4.80. The van der Waals surface area contributed by atoms with Crippen molar-refractivity contribution in [2.45, 2.75) is 25.2 Å². The van der Waals surface area contributed by atoms with Crippen LogP contribution in [0.2, 0.25) is 5.02 Å². The third-order valence-corrected chi connectivity index (χ3v) is 3.56. The van der Waals surface area contributed by atoms with Crippen LogP contribution in [0.1, 0.15) is 31.4 Å². The summed E-state index contributed by atoms with van der Waals surface area (Å²) in [6, 6.07) is 5.54. The maximum atomic E-state index is 11.6. The molecule has 0 radical (unpaired) electrons. The number of carbonyl (C=O) groups excluding carboxylic acids is 1. The van der Waals surface area contributed by atoms with Gasteiger partial charge < -0.3 is 10.7 Å². The van der Waals surface area contributed by atoms with Gasteiger partial charge >= 0.3 is 0 Å². The first kappa shape index (κ1) is 9.54. The molecular formula is C13H13ClN2O. The number of rotatable bonds is 1. The zero-order chi connectivity index (χ0) is 12.9. The Morgan fingerprint density at radius 2 is 2.41 bits per heavy atom. The first-order chi connectivity index (χ1) is 8.52. The Balaban J connectivity index is 2.31. The third-order valence-electron chi connectivity index (χ3n) is 3.32. The van der Waals surface area contributed by atoms with Gasteiger partial charge in [0.25, 0.3) is 0 Å². The summed E-state index contributed by atoms with van der Waals surface area (Å²) in [6.45, 7) is 0. The Hall–Kier alpha value is -1.48. The minimum atomic E-state index is -1.33. The molecule has 0 saturated carbocycles. The van der Waals surface area contributed by atoms with Crippen molar-refractivity contribution < 1.29 is 6.17 Å². The molecule has 2 aromatic rings. The summed E-state index contributed by atoms with van der Waals surface area (Å²) in [7, 11) is 0. The summed E-state index contributed by atoms with van der Waals surface area (Å²) < 4.78 is 8.30. The van der Waals surface area contributed by atoms with Gasteiger partial charge in [0, 0.05) is 23.0 Å². The molecule has 0 saturated heterocycles. The lowest BCUT2D eigenvalue weighted by Crippen LogP contribution is -2.24. The Labute approximate surface area is 105 Å². The van der Waals surface area contributed by atoms with Gasteiger partial charge in [-0.05, 0) is 43.0 Å². The smallest absolute Gasteiger partial charge is 0.226 e. The standard InChI is InChI=1S/C13H13ClN2O/c14-7-4-5-11-10(6-7)8-2-1-3-9(13(15)17)12(8)16-11/h4-6,9,16H,1-3H2,(H2,15,17)/i9D. The van der Waals surface area contributed by atoms with E-state index in [0.717, 1.165) is 29.3 Å². The number of carbonyl (C=O) groups is 1. The maximum absolute atomic E-state index is 11.6. The number of aromatic nitrogens is 1. The van der Waals surface area contributed by atoms with E-state index in [-0.39, 0.29) is 0 Å². The topological polar surface area (TPSA) is 58.9 Å². The molecule has 1 atom stereocenters. The van der Waals surface area contributed by atoms with E-state index in [4.69, 9.17) is 18.7 Å². The van der Waals surface area contributed by atoms with Crippen LogP contribution in [-0.2, 0) is 11.2 Å². The number of nitrogens with two attached hydrogens (primary N) is 1. The molecule has 1 aliphatic rings. The second-order valence-electron chi connectivity index (χ2n) is 4.36. The van der Waals surface area contributed by atoms with E-state index in [1.165, 1.54) is 0 Å². The first-order valence-electron chi connectivity index (χ1n) is 6.13. The first-order valence-corrected chi connectivity index (χ1v) is 6.00. The Kier molecular flexibility index (Phi) is 2.12. The number of hydrogen-bond acceptors (Lipinski definition) is 1. The lowest BCUT2D eigenvalue weighted by atomic mass is 9.86. The van der Waals surface area contributed by atoms with Crippen LogP contribution in [-0.4, -0.2) is 10.9 Å². The predicted molar refractivity (Wildman–Crippen MR) is 68.2 cm³/mol. The van der Waals surface area contributed by atoms with E-state index >= 15 is 0 Å². The zero-order valence-corrected chi connectivity index (χ0v) is 9.97. The van der Waals surface area contributed by atoms with E-state index in [1.807, 2.05) is 12.1 Å². The number of amides is 1. The van der Waals surface area contributed by atoms with Crippen LogP contribution in [0.5, 0.6) is 0 Å². The highest BCUT2D eigenvalue weighted by molar-refractivity contribution is 6.31.